The number of carbonyl (C=O) groups is 1. The Labute approximate surface area is 116 Å². The molecule has 0 aliphatic rings. The summed E-state index contributed by atoms with van der Waals surface area (Å²) >= 11 is 3.73. The molecule has 86 valence electrons. The summed E-state index contributed by atoms with van der Waals surface area (Å²) in [4.78, 5) is 17.1. The van der Waals surface area contributed by atoms with Gasteiger partial charge >= 0.3 is 0 Å². The van der Waals surface area contributed by atoms with E-state index in [2.05, 4.69) is 33.6 Å². The van der Waals surface area contributed by atoms with Crippen LogP contribution in [0.25, 0.3) is 15.2 Å². The van der Waals surface area contributed by atoms with E-state index in [0.717, 1.165) is 10.5 Å². The molecule has 2 heterocycles. The fourth-order valence-corrected chi connectivity index (χ4v) is 3.10. The van der Waals surface area contributed by atoms with E-state index < -0.39 is 0 Å². The number of halogens is 1. The lowest BCUT2D eigenvalue weighted by Gasteiger charge is -1.96. The maximum Gasteiger partial charge on any atom is 0.195 e. The van der Waals surface area contributed by atoms with Crippen molar-refractivity contribution >= 4 is 54.9 Å². The monoisotopic (exact) mass is 356 g/mol. The van der Waals surface area contributed by atoms with Crippen LogP contribution in [-0.4, -0.2) is 19.1 Å². The lowest BCUT2D eigenvalue weighted by Crippen LogP contribution is -2.09. The SMILES string of the molecule is CC(I)C(=O)c1cn2c(n1)sc1ccccc12. The van der Waals surface area contributed by atoms with E-state index in [1.54, 1.807) is 11.3 Å². The van der Waals surface area contributed by atoms with Crippen molar-refractivity contribution in [3.8, 4) is 0 Å². The molecule has 3 rings (SSSR count). The molecule has 17 heavy (non-hydrogen) atoms. The van der Waals surface area contributed by atoms with Crippen LogP contribution in [0.5, 0.6) is 0 Å². The van der Waals surface area contributed by atoms with Gasteiger partial charge in [-0.2, -0.15) is 0 Å². The number of alkyl halides is 1. The number of aromatic nitrogens is 2. The third kappa shape index (κ3) is 1.77. The number of fused-ring (bicyclic) bond motifs is 3. The van der Waals surface area contributed by atoms with Crippen molar-refractivity contribution in [2.75, 3.05) is 0 Å². The Balaban J connectivity index is 2.23. The molecule has 3 nitrogen and oxygen atoms in total. The molecule has 5 heteroatoms. The summed E-state index contributed by atoms with van der Waals surface area (Å²) in [5.74, 6) is 0.0885. The first kappa shape index (κ1) is 11.2. The predicted molar refractivity (Wildman–Crippen MR) is 78.4 cm³/mol. The molecule has 0 N–H and O–H groups in total. The molecule has 0 amide bonds. The highest BCUT2D eigenvalue weighted by Gasteiger charge is 2.17. The van der Waals surface area contributed by atoms with Gasteiger partial charge in [0, 0.05) is 6.20 Å². The molecule has 1 atom stereocenters. The molecule has 0 radical (unpaired) electrons. The molecule has 0 saturated carbocycles. The van der Waals surface area contributed by atoms with Crippen LogP contribution < -0.4 is 0 Å². The van der Waals surface area contributed by atoms with Gasteiger partial charge in [-0.15, -0.1) is 0 Å². The number of rotatable bonds is 2. The summed E-state index contributed by atoms with van der Waals surface area (Å²) in [7, 11) is 0. The van der Waals surface area contributed by atoms with Gasteiger partial charge in [-0.05, 0) is 19.1 Å². The molecular formula is C12H9IN2OS. The second-order valence-corrected chi connectivity index (χ2v) is 6.71. The van der Waals surface area contributed by atoms with E-state index in [1.165, 1.54) is 4.70 Å². The topological polar surface area (TPSA) is 34.4 Å². The number of hydrogen-bond acceptors (Lipinski definition) is 3. The van der Waals surface area contributed by atoms with Crippen LogP contribution in [0.2, 0.25) is 0 Å². The first-order valence-electron chi connectivity index (χ1n) is 5.22. The van der Waals surface area contributed by atoms with Crippen molar-refractivity contribution in [2.45, 2.75) is 10.8 Å². The van der Waals surface area contributed by atoms with Crippen LogP contribution in [0.3, 0.4) is 0 Å². The van der Waals surface area contributed by atoms with Crippen LogP contribution in [-0.2, 0) is 0 Å². The zero-order valence-electron chi connectivity index (χ0n) is 9.05. The lowest BCUT2D eigenvalue weighted by atomic mass is 10.2. The molecular weight excluding hydrogens is 347 g/mol. The summed E-state index contributed by atoms with van der Waals surface area (Å²) in [6, 6.07) is 8.12. The second-order valence-electron chi connectivity index (χ2n) is 3.83. The maximum atomic E-state index is 11.9. The number of Topliss-reactive ketones (excluding diaryl/α,β-unsaturated/α-hetero) is 1. The third-order valence-corrected chi connectivity index (χ3v) is 4.21. The Morgan fingerprint density at radius 3 is 3.00 bits per heavy atom. The van der Waals surface area contributed by atoms with Gasteiger partial charge in [-0.25, -0.2) is 4.98 Å². The van der Waals surface area contributed by atoms with Gasteiger partial charge in [-0.1, -0.05) is 46.1 Å². The maximum absolute atomic E-state index is 11.9. The van der Waals surface area contributed by atoms with E-state index in [9.17, 15) is 4.79 Å². The molecule has 0 aliphatic heterocycles. The Morgan fingerprint density at radius 1 is 1.47 bits per heavy atom. The highest BCUT2D eigenvalue weighted by Crippen LogP contribution is 2.26. The number of thiazole rings is 1. The first-order valence-corrected chi connectivity index (χ1v) is 7.28. The summed E-state index contributed by atoms with van der Waals surface area (Å²) in [5.41, 5.74) is 1.67. The van der Waals surface area contributed by atoms with Gasteiger partial charge in [0.1, 0.15) is 5.69 Å². The number of nitrogens with zero attached hydrogens (tertiary/aromatic N) is 2. The van der Waals surface area contributed by atoms with Gasteiger partial charge in [0.2, 0.25) is 0 Å². The number of ketones is 1. The minimum atomic E-state index is -0.0385. The third-order valence-electron chi connectivity index (χ3n) is 2.61. The van der Waals surface area contributed by atoms with Crippen molar-refractivity contribution in [1.29, 1.82) is 0 Å². The van der Waals surface area contributed by atoms with E-state index in [1.807, 2.05) is 35.7 Å². The quantitative estimate of drug-likeness (QED) is 0.400. The molecule has 1 aromatic carbocycles. The average molecular weight is 356 g/mol. The normalized spacial score (nSPS) is 13.3. The highest BCUT2D eigenvalue weighted by molar-refractivity contribution is 14.1. The molecule has 0 fully saturated rings. The van der Waals surface area contributed by atoms with Crippen molar-refractivity contribution in [3.05, 3.63) is 36.2 Å². The fraction of sp³-hybridized carbons (Fsp3) is 0.167. The van der Waals surface area contributed by atoms with Gasteiger partial charge in [-0.3, -0.25) is 9.20 Å². The smallest absolute Gasteiger partial charge is 0.195 e. The van der Waals surface area contributed by atoms with Crippen molar-refractivity contribution in [3.63, 3.8) is 0 Å². The molecule has 2 aromatic heterocycles. The number of carbonyl (C=O) groups excluding carboxylic acids is 1. The lowest BCUT2D eigenvalue weighted by molar-refractivity contribution is 0.0994. The Hall–Kier alpha value is -0.950. The van der Waals surface area contributed by atoms with Crippen LogP contribution in [0.4, 0.5) is 0 Å². The zero-order chi connectivity index (χ0) is 12.0. The van der Waals surface area contributed by atoms with Crippen molar-refractivity contribution in [2.24, 2.45) is 0 Å². The summed E-state index contributed by atoms with van der Waals surface area (Å²) < 4.78 is 3.15. The minimum Gasteiger partial charge on any atom is -0.291 e. The zero-order valence-corrected chi connectivity index (χ0v) is 12.0. The molecule has 1 unspecified atom stereocenters. The standard InChI is InChI=1S/C12H9IN2OS/c1-7(13)11(16)8-6-15-9-4-2-3-5-10(9)17-12(15)14-8/h2-7H,1H3. The largest absolute Gasteiger partial charge is 0.291 e. The molecule has 0 aliphatic carbocycles. The summed E-state index contributed by atoms with van der Waals surface area (Å²) in [6.45, 7) is 1.88. The van der Waals surface area contributed by atoms with Gasteiger partial charge in [0.05, 0.1) is 14.1 Å². The van der Waals surface area contributed by atoms with E-state index in [4.69, 9.17) is 0 Å². The van der Waals surface area contributed by atoms with Gasteiger partial charge in [0.25, 0.3) is 0 Å². The van der Waals surface area contributed by atoms with Crippen LogP contribution in [0, 0.1) is 0 Å². The van der Waals surface area contributed by atoms with Gasteiger partial charge in [0.15, 0.2) is 10.7 Å². The average Bonchev–Trinajstić information content (AvgIpc) is 2.84. The second kappa shape index (κ2) is 4.06. The summed E-state index contributed by atoms with van der Waals surface area (Å²) in [6.07, 6.45) is 1.84. The van der Waals surface area contributed by atoms with Crippen LogP contribution in [0.15, 0.2) is 30.5 Å². The van der Waals surface area contributed by atoms with Crippen LogP contribution in [0.1, 0.15) is 17.4 Å². The molecule has 0 saturated heterocycles. The van der Waals surface area contributed by atoms with Gasteiger partial charge < -0.3 is 0 Å². The van der Waals surface area contributed by atoms with E-state index in [-0.39, 0.29) is 9.71 Å². The number of para-hydroxylation sites is 1. The number of hydrogen-bond donors (Lipinski definition) is 0. The minimum absolute atomic E-state index is 0.0385. The van der Waals surface area contributed by atoms with Crippen molar-refractivity contribution in [1.82, 2.24) is 9.38 Å². The number of benzene rings is 1. The van der Waals surface area contributed by atoms with Crippen molar-refractivity contribution < 1.29 is 4.79 Å². The number of imidazole rings is 1. The Morgan fingerprint density at radius 2 is 2.24 bits per heavy atom. The Kier molecular flexibility index (Phi) is 2.67. The van der Waals surface area contributed by atoms with E-state index in [0.29, 0.717) is 5.69 Å². The molecule has 3 aromatic rings. The first-order chi connectivity index (χ1) is 8.16. The van der Waals surface area contributed by atoms with E-state index >= 15 is 0 Å². The Bertz CT molecular complexity index is 714. The predicted octanol–water partition coefficient (Wildman–Crippen LogP) is 3.56. The fourth-order valence-electron chi connectivity index (χ4n) is 1.77. The summed E-state index contributed by atoms with van der Waals surface area (Å²) in [5, 5.41) is 0. The molecule has 0 bridgehead atoms. The van der Waals surface area contributed by atoms with Crippen LogP contribution >= 0.6 is 33.9 Å². The highest BCUT2D eigenvalue weighted by atomic mass is 127. The molecule has 0 spiro atoms.